The molecule has 1 aromatic rings. The fourth-order valence-corrected chi connectivity index (χ4v) is 2.41. The second-order valence-electron chi connectivity index (χ2n) is 4.30. The minimum Gasteiger partial charge on any atom is -0.258 e. The molecule has 0 N–H and O–H groups in total. The van der Waals surface area contributed by atoms with Crippen molar-refractivity contribution >= 4 is 29.1 Å². The van der Waals surface area contributed by atoms with E-state index in [1.54, 1.807) is 23.9 Å². The van der Waals surface area contributed by atoms with Crippen LogP contribution in [0.25, 0.3) is 0 Å². The molecule has 3 nitrogen and oxygen atoms in total. The predicted octanol–water partition coefficient (Wildman–Crippen LogP) is 4.53. The molecular weight excluding hydrogens is 258 g/mol. The van der Waals surface area contributed by atoms with Gasteiger partial charge in [-0.2, -0.15) is 11.8 Å². The number of hydrogen-bond acceptors (Lipinski definition) is 3. The van der Waals surface area contributed by atoms with Gasteiger partial charge in [0.15, 0.2) is 0 Å². The second kappa shape index (κ2) is 6.26. The summed E-state index contributed by atoms with van der Waals surface area (Å²) in [5.41, 5.74) is 0.931. The molecular formula is C12H16ClNO2S. The summed E-state index contributed by atoms with van der Waals surface area (Å²) in [7, 11) is 0. The Morgan fingerprint density at radius 3 is 2.59 bits per heavy atom. The van der Waals surface area contributed by atoms with E-state index in [2.05, 4.69) is 20.8 Å². The maximum atomic E-state index is 10.7. The van der Waals surface area contributed by atoms with Gasteiger partial charge >= 0.3 is 0 Å². The van der Waals surface area contributed by atoms with Gasteiger partial charge in [0.05, 0.1) is 4.92 Å². The average molecular weight is 274 g/mol. The van der Waals surface area contributed by atoms with E-state index < -0.39 is 4.92 Å². The van der Waals surface area contributed by atoms with Crippen molar-refractivity contribution in [1.82, 2.24) is 0 Å². The van der Waals surface area contributed by atoms with E-state index in [-0.39, 0.29) is 10.7 Å². The number of benzene rings is 1. The molecule has 0 aromatic heterocycles. The molecule has 0 aliphatic rings. The van der Waals surface area contributed by atoms with E-state index in [9.17, 15) is 10.1 Å². The quantitative estimate of drug-likeness (QED) is 0.585. The van der Waals surface area contributed by atoms with Crippen LogP contribution in [0, 0.1) is 16.0 Å². The van der Waals surface area contributed by atoms with Crippen molar-refractivity contribution in [1.29, 1.82) is 0 Å². The van der Waals surface area contributed by atoms with Crippen LogP contribution in [0.1, 0.15) is 26.3 Å². The highest BCUT2D eigenvalue weighted by atomic mass is 35.5. The van der Waals surface area contributed by atoms with E-state index in [1.807, 2.05) is 6.07 Å². The maximum Gasteiger partial charge on any atom is 0.288 e. The van der Waals surface area contributed by atoms with Crippen LogP contribution in [0.2, 0.25) is 5.02 Å². The molecule has 1 rings (SSSR count). The summed E-state index contributed by atoms with van der Waals surface area (Å²) in [5, 5.41) is 11.5. The van der Waals surface area contributed by atoms with Crippen LogP contribution in [-0.2, 0) is 5.75 Å². The third kappa shape index (κ3) is 4.21. The molecule has 0 aliphatic heterocycles. The number of hydrogen-bond donors (Lipinski definition) is 0. The van der Waals surface area contributed by atoms with Crippen LogP contribution in [0.3, 0.4) is 0 Å². The maximum absolute atomic E-state index is 10.7. The lowest BCUT2D eigenvalue weighted by atomic mass is 10.2. The first-order valence-corrected chi connectivity index (χ1v) is 6.89. The van der Waals surface area contributed by atoms with Crippen molar-refractivity contribution in [2.75, 3.05) is 0 Å². The lowest BCUT2D eigenvalue weighted by molar-refractivity contribution is -0.384. The Morgan fingerprint density at radius 1 is 1.41 bits per heavy atom. The van der Waals surface area contributed by atoms with Crippen LogP contribution >= 0.6 is 23.4 Å². The molecule has 94 valence electrons. The molecule has 1 atom stereocenters. The Labute approximate surface area is 111 Å². The van der Waals surface area contributed by atoms with Gasteiger partial charge in [0.1, 0.15) is 5.02 Å². The number of rotatable bonds is 5. The molecule has 1 unspecified atom stereocenters. The highest BCUT2D eigenvalue weighted by Gasteiger charge is 2.14. The van der Waals surface area contributed by atoms with Crippen LogP contribution < -0.4 is 0 Å². The van der Waals surface area contributed by atoms with Gasteiger partial charge in [-0.1, -0.05) is 38.4 Å². The van der Waals surface area contributed by atoms with Gasteiger partial charge in [0.25, 0.3) is 5.69 Å². The minimum atomic E-state index is -0.442. The minimum absolute atomic E-state index is 0.0121. The summed E-state index contributed by atoms with van der Waals surface area (Å²) in [4.78, 5) is 10.3. The molecule has 1 aromatic carbocycles. The molecule has 0 aliphatic carbocycles. The molecule has 17 heavy (non-hydrogen) atoms. The molecule has 0 bridgehead atoms. The fourth-order valence-electron chi connectivity index (χ4n) is 1.21. The van der Waals surface area contributed by atoms with Crippen molar-refractivity contribution in [2.24, 2.45) is 5.92 Å². The van der Waals surface area contributed by atoms with Crippen molar-refractivity contribution in [3.05, 3.63) is 38.9 Å². The SMILES string of the molecule is CC(C)C(C)SCc1ccc(Cl)c([N+](=O)[O-])c1. The zero-order valence-electron chi connectivity index (χ0n) is 10.1. The third-order valence-corrected chi connectivity index (χ3v) is 4.55. The highest BCUT2D eigenvalue weighted by molar-refractivity contribution is 7.99. The van der Waals surface area contributed by atoms with Crippen molar-refractivity contribution < 1.29 is 4.92 Å². The zero-order chi connectivity index (χ0) is 13.0. The first kappa shape index (κ1) is 14.3. The Kier molecular flexibility index (Phi) is 5.28. The molecule has 0 spiro atoms. The molecule has 0 fully saturated rings. The van der Waals surface area contributed by atoms with Crippen molar-refractivity contribution in [2.45, 2.75) is 31.8 Å². The number of halogens is 1. The summed E-state index contributed by atoms with van der Waals surface area (Å²) < 4.78 is 0. The van der Waals surface area contributed by atoms with Gasteiger partial charge in [-0.05, 0) is 17.5 Å². The van der Waals surface area contributed by atoms with Crippen LogP contribution in [0.5, 0.6) is 0 Å². The van der Waals surface area contributed by atoms with E-state index in [0.29, 0.717) is 11.2 Å². The molecule has 0 saturated heterocycles. The van der Waals surface area contributed by atoms with Gasteiger partial charge in [0, 0.05) is 17.1 Å². The summed E-state index contributed by atoms with van der Waals surface area (Å²) >= 11 is 7.55. The fraction of sp³-hybridized carbons (Fsp3) is 0.500. The molecule has 0 amide bonds. The average Bonchev–Trinajstić information content (AvgIpc) is 2.26. The Hall–Kier alpha value is -0.740. The van der Waals surface area contributed by atoms with E-state index in [4.69, 9.17) is 11.6 Å². The van der Waals surface area contributed by atoms with Crippen LogP contribution in [-0.4, -0.2) is 10.2 Å². The smallest absolute Gasteiger partial charge is 0.258 e. The number of nitro groups is 1. The van der Waals surface area contributed by atoms with Gasteiger partial charge in [0.2, 0.25) is 0 Å². The van der Waals surface area contributed by atoms with E-state index >= 15 is 0 Å². The summed E-state index contributed by atoms with van der Waals surface area (Å²) in [6.45, 7) is 6.50. The number of thioether (sulfide) groups is 1. The first-order valence-electron chi connectivity index (χ1n) is 5.46. The summed E-state index contributed by atoms with van der Waals surface area (Å²) in [6, 6.07) is 4.99. The van der Waals surface area contributed by atoms with Gasteiger partial charge in [-0.3, -0.25) is 10.1 Å². The second-order valence-corrected chi connectivity index (χ2v) is 6.08. The Bertz CT molecular complexity index is 409. The van der Waals surface area contributed by atoms with Crippen molar-refractivity contribution in [3.8, 4) is 0 Å². The van der Waals surface area contributed by atoms with Gasteiger partial charge in [-0.25, -0.2) is 0 Å². The molecule has 5 heteroatoms. The summed E-state index contributed by atoms with van der Waals surface area (Å²) in [5.74, 6) is 1.37. The van der Waals surface area contributed by atoms with Gasteiger partial charge in [-0.15, -0.1) is 0 Å². The number of nitro benzene ring substituents is 1. The molecule has 0 heterocycles. The topological polar surface area (TPSA) is 43.1 Å². The van der Waals surface area contributed by atoms with E-state index in [1.165, 1.54) is 0 Å². The van der Waals surface area contributed by atoms with Crippen LogP contribution in [0.4, 0.5) is 5.69 Å². The predicted molar refractivity (Wildman–Crippen MR) is 73.7 cm³/mol. The monoisotopic (exact) mass is 273 g/mol. The number of nitrogens with zero attached hydrogens (tertiary/aromatic N) is 1. The largest absolute Gasteiger partial charge is 0.288 e. The molecule has 0 saturated carbocycles. The highest BCUT2D eigenvalue weighted by Crippen LogP contribution is 2.29. The standard InChI is InChI=1S/C12H16ClNO2S/c1-8(2)9(3)17-7-10-4-5-11(13)12(6-10)14(15)16/h4-6,8-9H,7H2,1-3H3. The van der Waals surface area contributed by atoms with E-state index in [0.717, 1.165) is 11.3 Å². The normalized spacial score (nSPS) is 12.8. The third-order valence-electron chi connectivity index (χ3n) is 2.66. The summed E-state index contributed by atoms with van der Waals surface area (Å²) in [6.07, 6.45) is 0. The lowest BCUT2D eigenvalue weighted by Gasteiger charge is -2.14. The van der Waals surface area contributed by atoms with Crippen molar-refractivity contribution in [3.63, 3.8) is 0 Å². The van der Waals surface area contributed by atoms with Gasteiger partial charge < -0.3 is 0 Å². The zero-order valence-corrected chi connectivity index (χ0v) is 11.7. The van der Waals surface area contributed by atoms with Crippen LogP contribution in [0.15, 0.2) is 18.2 Å². The first-order chi connectivity index (χ1) is 7.91. The lowest BCUT2D eigenvalue weighted by Crippen LogP contribution is -2.05. The molecule has 0 radical (unpaired) electrons. The Morgan fingerprint density at radius 2 is 2.06 bits per heavy atom. The Balaban J connectivity index is 2.73.